The molecule has 3 aliphatic heterocycles. The van der Waals surface area contributed by atoms with Crippen LogP contribution in [0.2, 0.25) is 0 Å². The predicted molar refractivity (Wildman–Crippen MR) is 278 cm³/mol. The Kier molecular flexibility index (Phi) is 18.4. The SMILES string of the molecule is C/C=C(/C)C(=O)O[C@H]1[C@H](OC(=O)/C(C)=C\C)[C@@]2(CO)C(CC1(C)C)C1=CCC3[C@@]4(C)CC[C@H](OC5O[C@H](C(=O)O)[C@@H](O)[C@H](O[C@@H]6O[C@@H](CO)[C@H](O)[C@H]6O)[C@H]5O[C@@H]5O[C@H](CO)[C@H](O)[C@H](O)[C@H]5O)[C@@](C)(CO)C4CC[C@@]3(C)[C@]1(C)[C@@H](O)[C@H]2O. The van der Waals surface area contributed by atoms with Gasteiger partial charge in [-0.2, -0.15) is 0 Å². The van der Waals surface area contributed by atoms with E-state index in [0.29, 0.717) is 31.3 Å². The van der Waals surface area contributed by atoms with Gasteiger partial charge in [-0.1, -0.05) is 65.3 Å². The number of ether oxygens (including phenoxy) is 8. The van der Waals surface area contributed by atoms with E-state index in [2.05, 4.69) is 19.9 Å². The van der Waals surface area contributed by atoms with Crippen molar-refractivity contribution in [1.29, 1.82) is 0 Å². The fraction of sp³-hybridized carbons (Fsp3) is 0.842. The molecule has 4 unspecified atom stereocenters. The van der Waals surface area contributed by atoms with E-state index in [9.17, 15) is 80.8 Å². The second kappa shape index (κ2) is 23.3. The molecule has 13 N–H and O–H groups in total. The van der Waals surface area contributed by atoms with Gasteiger partial charge in [0.15, 0.2) is 31.1 Å². The van der Waals surface area contributed by atoms with E-state index in [4.69, 9.17) is 37.9 Å². The molecule has 0 amide bonds. The summed E-state index contributed by atoms with van der Waals surface area (Å²) in [4.78, 5) is 40.4. The van der Waals surface area contributed by atoms with Crippen LogP contribution in [-0.4, -0.2) is 227 Å². The summed E-state index contributed by atoms with van der Waals surface area (Å²) >= 11 is 0. The van der Waals surface area contributed by atoms with Crippen molar-refractivity contribution < 1.29 is 119 Å². The molecule has 24 heteroatoms. The van der Waals surface area contributed by atoms with E-state index in [-0.39, 0.29) is 24.3 Å². The van der Waals surface area contributed by atoms with Gasteiger partial charge in [-0.3, -0.25) is 0 Å². The predicted octanol–water partition coefficient (Wildman–Crippen LogP) is -0.765. The van der Waals surface area contributed by atoms with Gasteiger partial charge in [0, 0.05) is 27.4 Å². The lowest BCUT2D eigenvalue weighted by molar-refractivity contribution is -0.387. The summed E-state index contributed by atoms with van der Waals surface area (Å²) in [6, 6.07) is 0. The minimum absolute atomic E-state index is 0.165. The van der Waals surface area contributed by atoms with Crippen molar-refractivity contribution in [1.82, 2.24) is 0 Å². The van der Waals surface area contributed by atoms with Crippen LogP contribution in [0.15, 0.2) is 34.9 Å². The summed E-state index contributed by atoms with van der Waals surface area (Å²) in [5.41, 5.74) is -5.25. The molecule has 460 valence electrons. The third-order valence-electron chi connectivity index (χ3n) is 21.5. The first-order valence-corrected chi connectivity index (χ1v) is 28.3. The van der Waals surface area contributed by atoms with Gasteiger partial charge < -0.3 is 104 Å². The topological polar surface area (TPSA) is 388 Å². The van der Waals surface area contributed by atoms with E-state index < -0.39 is 205 Å². The number of fused-ring (bicyclic) bond motifs is 7. The van der Waals surface area contributed by atoms with Crippen molar-refractivity contribution in [3.05, 3.63) is 34.9 Å². The van der Waals surface area contributed by atoms with Gasteiger partial charge in [0.1, 0.15) is 67.1 Å². The summed E-state index contributed by atoms with van der Waals surface area (Å²) in [6.45, 7) is 15.3. The number of carboxylic acids is 1. The lowest BCUT2D eigenvalue weighted by Gasteiger charge is -2.73. The average Bonchev–Trinajstić information content (AvgIpc) is 1.99. The molecule has 4 saturated carbocycles. The van der Waals surface area contributed by atoms with Crippen LogP contribution >= 0.6 is 0 Å². The monoisotopic (exact) mass is 1160 g/mol. The fourth-order valence-corrected chi connectivity index (χ4v) is 16.2. The standard InChI is InChI=1S/C57H88O24/c1-11-24(3)47(72)80-44-45(81-48(73)25(4)12-2)57(23-61)27(19-52(44,5)6)26-13-14-31-53(7)17-16-32(54(8,22-60)30(53)15-18-55(31,9)56(26,10)42(68)43(57)69)76-51-41(79-50-37(66)35(64)33(62)28(20-58)74-50)39(38(67)40(78-51)46(70)71)77-49-36(65)34(63)29(21-59)75-49/h11-13,27-45,49-51,58-69H,14-23H2,1-10H3,(H,70,71)/b24-11-,25-12-/t27?,28-,29+,30?,31?,32+,33+,34+,35+,36-,37-,38+,39+,40+,41-,42+,43-,44+,45+,49+,50+,51?,53+,54+,55-,56+,57+/m1/s1. The summed E-state index contributed by atoms with van der Waals surface area (Å²) in [5, 5.41) is 146. The zero-order chi connectivity index (χ0) is 60.0. The molecule has 7 fully saturated rings. The van der Waals surface area contributed by atoms with Crippen molar-refractivity contribution in [2.75, 3.05) is 26.4 Å². The zero-order valence-electron chi connectivity index (χ0n) is 47.8. The van der Waals surface area contributed by atoms with Crippen LogP contribution < -0.4 is 0 Å². The number of carbonyl (C=O) groups excluding carboxylic acids is 2. The molecule has 24 nitrogen and oxygen atoms in total. The number of aliphatic hydroxyl groups excluding tert-OH is 12. The molecule has 8 aliphatic rings. The highest BCUT2D eigenvalue weighted by atomic mass is 16.8. The Morgan fingerprint density at radius 3 is 1.70 bits per heavy atom. The van der Waals surface area contributed by atoms with Gasteiger partial charge in [0.05, 0.1) is 50.2 Å². The van der Waals surface area contributed by atoms with Crippen LogP contribution in [-0.2, 0) is 52.3 Å². The maximum atomic E-state index is 13.9. The summed E-state index contributed by atoms with van der Waals surface area (Å²) in [6.07, 6.45) is -25.7. The number of rotatable bonds is 15. The van der Waals surface area contributed by atoms with E-state index in [1.807, 2.05) is 27.7 Å². The number of aliphatic hydroxyl groups is 12. The molecule has 0 radical (unpaired) electrons. The molecule has 81 heavy (non-hydrogen) atoms. The average molecular weight is 1160 g/mol. The number of carbonyl (C=O) groups is 3. The lowest BCUT2D eigenvalue weighted by atomic mass is 9.32. The smallest absolute Gasteiger partial charge is 0.335 e. The summed E-state index contributed by atoms with van der Waals surface area (Å²) < 4.78 is 48.8. The molecule has 27 atom stereocenters. The Morgan fingerprint density at radius 1 is 0.630 bits per heavy atom. The van der Waals surface area contributed by atoms with Crippen molar-refractivity contribution in [3.63, 3.8) is 0 Å². The van der Waals surface area contributed by atoms with Crippen molar-refractivity contribution in [3.8, 4) is 0 Å². The summed E-state index contributed by atoms with van der Waals surface area (Å²) in [5.74, 6) is -4.48. The molecule has 3 saturated heterocycles. The first-order valence-electron chi connectivity index (χ1n) is 28.3. The van der Waals surface area contributed by atoms with Crippen molar-refractivity contribution in [2.45, 2.75) is 224 Å². The molecular formula is C57H88O24. The van der Waals surface area contributed by atoms with Crippen LogP contribution in [0, 0.1) is 50.2 Å². The second-order valence-corrected chi connectivity index (χ2v) is 25.9. The van der Waals surface area contributed by atoms with E-state index in [0.717, 1.165) is 5.57 Å². The molecular weight excluding hydrogens is 1070 g/mol. The maximum Gasteiger partial charge on any atom is 0.335 e. The Hall–Kier alpha value is -3.09. The Labute approximate surface area is 471 Å². The highest BCUT2D eigenvalue weighted by Gasteiger charge is 2.77. The largest absolute Gasteiger partial charge is 0.479 e. The number of hydrogen-bond acceptors (Lipinski definition) is 23. The third-order valence-corrected chi connectivity index (χ3v) is 21.5. The van der Waals surface area contributed by atoms with Crippen LogP contribution in [0.25, 0.3) is 0 Å². The Balaban J connectivity index is 1.15. The molecule has 0 aromatic rings. The number of aliphatic carboxylic acids is 1. The zero-order valence-corrected chi connectivity index (χ0v) is 47.8. The first-order chi connectivity index (χ1) is 37.9. The van der Waals surface area contributed by atoms with Gasteiger partial charge in [-0.05, 0) is 94.8 Å². The molecule has 5 aliphatic carbocycles. The van der Waals surface area contributed by atoms with Crippen molar-refractivity contribution in [2.24, 2.45) is 50.2 Å². The quantitative estimate of drug-likeness (QED) is 0.0415. The van der Waals surface area contributed by atoms with Gasteiger partial charge in [-0.15, -0.1) is 0 Å². The van der Waals surface area contributed by atoms with Crippen molar-refractivity contribution >= 4 is 17.9 Å². The summed E-state index contributed by atoms with van der Waals surface area (Å²) in [7, 11) is 0. The van der Waals surface area contributed by atoms with Crippen LogP contribution in [0.5, 0.6) is 0 Å². The minimum atomic E-state index is -2.18. The molecule has 8 rings (SSSR count). The number of allylic oxidation sites excluding steroid dienone is 3. The molecule has 0 aromatic heterocycles. The van der Waals surface area contributed by atoms with Gasteiger partial charge in [0.25, 0.3) is 0 Å². The molecule has 0 aromatic carbocycles. The third kappa shape index (κ3) is 9.98. The van der Waals surface area contributed by atoms with Gasteiger partial charge in [0.2, 0.25) is 0 Å². The highest BCUT2D eigenvalue weighted by Crippen LogP contribution is 2.76. The lowest BCUT2D eigenvalue weighted by Crippen LogP contribution is -2.76. The van der Waals surface area contributed by atoms with E-state index >= 15 is 0 Å². The molecule has 3 heterocycles. The minimum Gasteiger partial charge on any atom is -0.479 e. The normalized spacial score (nSPS) is 49.8. The number of hydrogen-bond donors (Lipinski definition) is 13. The Bertz CT molecular complexity index is 2410. The van der Waals surface area contributed by atoms with Gasteiger partial charge >= 0.3 is 17.9 Å². The first kappa shape index (κ1) is 63.9. The van der Waals surface area contributed by atoms with E-state index in [1.165, 1.54) is 0 Å². The highest BCUT2D eigenvalue weighted by molar-refractivity contribution is 5.89. The molecule has 0 bridgehead atoms. The second-order valence-electron chi connectivity index (χ2n) is 25.9. The van der Waals surface area contributed by atoms with Gasteiger partial charge in [-0.25, -0.2) is 14.4 Å². The molecule has 0 spiro atoms. The maximum absolute atomic E-state index is 13.9. The fourth-order valence-electron chi connectivity index (χ4n) is 16.2. The Morgan fingerprint density at radius 2 is 1.17 bits per heavy atom. The number of carboxylic acid groups (broad SMARTS) is 1. The van der Waals surface area contributed by atoms with Crippen LogP contribution in [0.4, 0.5) is 0 Å². The number of esters is 2. The van der Waals surface area contributed by atoms with Crippen LogP contribution in [0.1, 0.15) is 108 Å². The van der Waals surface area contributed by atoms with Crippen LogP contribution in [0.3, 0.4) is 0 Å². The van der Waals surface area contributed by atoms with E-state index in [1.54, 1.807) is 39.8 Å².